The minimum Gasteiger partial charge on any atom is -0.391 e. The lowest BCUT2D eigenvalue weighted by Gasteiger charge is -2.21. The molecule has 0 saturated carbocycles. The zero-order valence-corrected chi connectivity index (χ0v) is 13.5. The van der Waals surface area contributed by atoms with Crippen LogP contribution in [0.15, 0.2) is 4.99 Å². The number of rotatable bonds is 4. The summed E-state index contributed by atoms with van der Waals surface area (Å²) in [6, 6.07) is 0. The highest BCUT2D eigenvalue weighted by Crippen LogP contribution is 2.09. The first-order valence-corrected chi connectivity index (χ1v) is 6.34. The average molecular weight is 355 g/mol. The molecule has 17 heavy (non-hydrogen) atoms. The summed E-state index contributed by atoms with van der Waals surface area (Å²) in [5.41, 5.74) is 0. The van der Waals surface area contributed by atoms with Gasteiger partial charge in [-0.05, 0) is 25.7 Å². The third kappa shape index (κ3) is 6.45. The number of halogens is 1. The fourth-order valence-electron chi connectivity index (χ4n) is 1.79. The fourth-order valence-corrected chi connectivity index (χ4v) is 1.79. The molecule has 0 radical (unpaired) electrons. The predicted molar refractivity (Wildman–Crippen MR) is 83.0 cm³/mol. The highest BCUT2D eigenvalue weighted by Gasteiger charge is 2.22. The van der Waals surface area contributed by atoms with Crippen molar-refractivity contribution in [2.24, 2.45) is 10.9 Å². The Morgan fingerprint density at radius 1 is 1.53 bits per heavy atom. The zero-order chi connectivity index (χ0) is 12.0. The van der Waals surface area contributed by atoms with E-state index < -0.39 is 0 Å². The lowest BCUT2D eigenvalue weighted by molar-refractivity contribution is 0.188. The molecule has 0 aromatic rings. The minimum absolute atomic E-state index is 0. The van der Waals surface area contributed by atoms with Crippen molar-refractivity contribution in [2.45, 2.75) is 39.7 Å². The molecule has 1 aliphatic rings. The van der Waals surface area contributed by atoms with Crippen LogP contribution in [-0.4, -0.2) is 48.2 Å². The molecule has 1 rings (SSSR count). The molecule has 0 unspecified atom stereocenters. The highest BCUT2D eigenvalue weighted by molar-refractivity contribution is 14.0. The summed E-state index contributed by atoms with van der Waals surface area (Å²) in [5.74, 6) is 1.65. The number of nitrogens with one attached hydrogen (secondary N) is 1. The van der Waals surface area contributed by atoms with Crippen molar-refractivity contribution in [2.75, 3.05) is 26.2 Å². The summed E-state index contributed by atoms with van der Waals surface area (Å²) in [5, 5.41) is 12.8. The standard InChI is InChI=1S/C12H25N3O.HI/c1-4-13-12(14-7-5-10(2)3)15-8-6-11(16)9-15;/h10-11,16H,4-9H2,1-3H3,(H,13,14);1H/t11-;/m1./s1. The fraction of sp³-hybridized carbons (Fsp3) is 0.917. The van der Waals surface area contributed by atoms with Crippen LogP contribution < -0.4 is 5.32 Å². The highest BCUT2D eigenvalue weighted by atomic mass is 127. The molecule has 1 atom stereocenters. The van der Waals surface area contributed by atoms with E-state index in [1.807, 2.05) is 0 Å². The molecule has 0 spiro atoms. The number of hydrogen-bond acceptors (Lipinski definition) is 2. The molecule has 1 heterocycles. The Morgan fingerprint density at radius 3 is 2.71 bits per heavy atom. The van der Waals surface area contributed by atoms with Gasteiger partial charge < -0.3 is 15.3 Å². The second-order valence-corrected chi connectivity index (χ2v) is 4.81. The van der Waals surface area contributed by atoms with E-state index in [0.29, 0.717) is 12.5 Å². The molecule has 0 amide bonds. The third-order valence-electron chi connectivity index (χ3n) is 2.77. The van der Waals surface area contributed by atoms with Crippen LogP contribution in [0.25, 0.3) is 0 Å². The van der Waals surface area contributed by atoms with E-state index in [9.17, 15) is 5.11 Å². The first-order valence-electron chi connectivity index (χ1n) is 6.34. The molecule has 0 aromatic carbocycles. The van der Waals surface area contributed by atoms with E-state index in [0.717, 1.165) is 38.4 Å². The number of hydrogen-bond donors (Lipinski definition) is 2. The zero-order valence-electron chi connectivity index (χ0n) is 11.1. The van der Waals surface area contributed by atoms with E-state index in [1.165, 1.54) is 0 Å². The molecule has 1 saturated heterocycles. The van der Waals surface area contributed by atoms with Crippen LogP contribution in [0.4, 0.5) is 0 Å². The molecule has 1 fully saturated rings. The quantitative estimate of drug-likeness (QED) is 0.458. The van der Waals surface area contributed by atoms with E-state index in [1.54, 1.807) is 0 Å². The van der Waals surface area contributed by atoms with E-state index >= 15 is 0 Å². The van der Waals surface area contributed by atoms with E-state index in [2.05, 4.69) is 36.0 Å². The van der Waals surface area contributed by atoms with Crippen molar-refractivity contribution in [1.82, 2.24) is 10.2 Å². The van der Waals surface area contributed by atoms with Crippen molar-refractivity contribution < 1.29 is 5.11 Å². The van der Waals surface area contributed by atoms with Gasteiger partial charge in [0.2, 0.25) is 0 Å². The second-order valence-electron chi connectivity index (χ2n) is 4.81. The number of aliphatic imine (C=N–C) groups is 1. The van der Waals surface area contributed by atoms with Crippen molar-refractivity contribution in [3.8, 4) is 0 Å². The molecule has 102 valence electrons. The van der Waals surface area contributed by atoms with Gasteiger partial charge in [-0.2, -0.15) is 0 Å². The molecule has 1 aliphatic heterocycles. The van der Waals surface area contributed by atoms with Crippen LogP contribution in [-0.2, 0) is 0 Å². The van der Waals surface area contributed by atoms with Gasteiger partial charge >= 0.3 is 0 Å². The van der Waals surface area contributed by atoms with E-state index in [-0.39, 0.29) is 30.1 Å². The second kappa shape index (κ2) is 8.97. The molecule has 0 bridgehead atoms. The van der Waals surface area contributed by atoms with Gasteiger partial charge in [0.15, 0.2) is 5.96 Å². The maximum atomic E-state index is 9.51. The Morgan fingerprint density at radius 2 is 2.24 bits per heavy atom. The van der Waals surface area contributed by atoms with Crippen LogP contribution in [0.2, 0.25) is 0 Å². The normalized spacial score (nSPS) is 20.6. The molecule has 0 aromatic heterocycles. The van der Waals surface area contributed by atoms with Crippen LogP contribution in [0.3, 0.4) is 0 Å². The Hall–Kier alpha value is -0.0400. The van der Waals surface area contributed by atoms with Gasteiger partial charge in [0.25, 0.3) is 0 Å². The van der Waals surface area contributed by atoms with Crippen molar-refractivity contribution in [3.05, 3.63) is 0 Å². The van der Waals surface area contributed by atoms with Gasteiger partial charge in [-0.25, -0.2) is 0 Å². The van der Waals surface area contributed by atoms with Crippen LogP contribution in [0.5, 0.6) is 0 Å². The Labute approximate surface area is 122 Å². The number of aliphatic hydroxyl groups is 1. The topological polar surface area (TPSA) is 47.9 Å². The van der Waals surface area contributed by atoms with Crippen molar-refractivity contribution >= 4 is 29.9 Å². The molecule has 4 nitrogen and oxygen atoms in total. The smallest absolute Gasteiger partial charge is 0.194 e. The average Bonchev–Trinajstić information content (AvgIpc) is 2.63. The van der Waals surface area contributed by atoms with Gasteiger partial charge in [-0.3, -0.25) is 4.99 Å². The SMILES string of the molecule is CCNC(=NCCC(C)C)N1CC[C@@H](O)C1.I. The Bertz CT molecular complexity index is 234. The van der Waals surface area contributed by atoms with Gasteiger partial charge in [0, 0.05) is 26.2 Å². The lowest BCUT2D eigenvalue weighted by Crippen LogP contribution is -2.40. The van der Waals surface area contributed by atoms with Gasteiger partial charge in [-0.1, -0.05) is 13.8 Å². The number of guanidine groups is 1. The number of nitrogens with zero attached hydrogens (tertiary/aromatic N) is 2. The number of aliphatic hydroxyl groups excluding tert-OH is 1. The summed E-state index contributed by atoms with van der Waals surface area (Å²) >= 11 is 0. The first-order chi connectivity index (χ1) is 7.63. The van der Waals surface area contributed by atoms with Gasteiger partial charge in [0.1, 0.15) is 0 Å². The summed E-state index contributed by atoms with van der Waals surface area (Å²) in [7, 11) is 0. The molecule has 2 N–H and O–H groups in total. The first kappa shape index (κ1) is 17.0. The maximum absolute atomic E-state index is 9.51. The molecular weight excluding hydrogens is 329 g/mol. The van der Waals surface area contributed by atoms with Crippen molar-refractivity contribution in [1.29, 1.82) is 0 Å². The third-order valence-corrected chi connectivity index (χ3v) is 2.77. The molecule has 0 aliphatic carbocycles. The Balaban J connectivity index is 0.00000256. The summed E-state index contributed by atoms with van der Waals surface area (Å²) in [6.07, 6.45) is 1.79. The summed E-state index contributed by atoms with van der Waals surface area (Å²) in [6.45, 7) is 9.87. The van der Waals surface area contributed by atoms with Crippen molar-refractivity contribution in [3.63, 3.8) is 0 Å². The van der Waals surface area contributed by atoms with Crippen LogP contribution in [0.1, 0.15) is 33.6 Å². The Kier molecular flexibility index (Phi) is 8.94. The van der Waals surface area contributed by atoms with Gasteiger partial charge in [-0.15, -0.1) is 24.0 Å². The van der Waals surface area contributed by atoms with E-state index in [4.69, 9.17) is 0 Å². The molecular formula is C12H26IN3O. The number of likely N-dealkylation sites (tertiary alicyclic amines) is 1. The predicted octanol–water partition coefficient (Wildman–Crippen LogP) is 1.68. The van der Waals surface area contributed by atoms with Gasteiger partial charge in [0.05, 0.1) is 6.10 Å². The number of β-amino-alcohol motifs (C(OH)–C–C–N with tert-alkyl or cyclic N) is 1. The maximum Gasteiger partial charge on any atom is 0.194 e. The summed E-state index contributed by atoms with van der Waals surface area (Å²) < 4.78 is 0. The monoisotopic (exact) mass is 355 g/mol. The largest absolute Gasteiger partial charge is 0.391 e. The van der Waals surface area contributed by atoms with Crippen LogP contribution >= 0.6 is 24.0 Å². The summed E-state index contributed by atoms with van der Waals surface area (Å²) in [4.78, 5) is 6.74. The lowest BCUT2D eigenvalue weighted by atomic mass is 10.1. The molecule has 5 heteroatoms. The minimum atomic E-state index is -0.186. The van der Waals surface area contributed by atoms with Crippen LogP contribution in [0, 0.1) is 5.92 Å².